The molecule has 0 unspecified atom stereocenters. The van der Waals surface area contributed by atoms with E-state index < -0.39 is 0 Å². The Bertz CT molecular complexity index is 632. The lowest BCUT2D eigenvalue weighted by Crippen LogP contribution is -2.21. The zero-order valence-corrected chi connectivity index (χ0v) is 11.8. The Morgan fingerprint density at radius 2 is 2.11 bits per heavy atom. The van der Waals surface area contributed by atoms with Gasteiger partial charge in [-0.2, -0.15) is 4.98 Å². The molecule has 2 aromatic rings. The van der Waals surface area contributed by atoms with Crippen molar-refractivity contribution in [1.29, 1.82) is 0 Å². The Morgan fingerprint density at radius 1 is 1.32 bits per heavy atom. The molecule has 2 heterocycles. The van der Waals surface area contributed by atoms with E-state index in [2.05, 4.69) is 4.98 Å². The predicted octanol–water partition coefficient (Wildman–Crippen LogP) is 2.74. The molecule has 0 radical (unpaired) electrons. The molecule has 0 aliphatic rings. The van der Waals surface area contributed by atoms with Gasteiger partial charge in [-0.3, -0.25) is 9.20 Å². The molecule has 2 aromatic heterocycles. The average Bonchev–Trinajstić information content (AvgIpc) is 2.40. The van der Waals surface area contributed by atoms with E-state index in [1.54, 1.807) is 10.6 Å². The van der Waals surface area contributed by atoms with Crippen LogP contribution in [-0.2, 0) is 6.42 Å². The first kappa shape index (κ1) is 13.6. The van der Waals surface area contributed by atoms with Crippen LogP contribution in [0.1, 0.15) is 37.8 Å². The molecule has 4 heteroatoms. The standard InChI is InChI=1S/C15H20N2O2/c1-4-6-12-14(19-9-5-2)16-13-10-11(3)7-8-17(13)15(12)18/h7-8,10H,4-6,9H2,1-3H3. The minimum atomic E-state index is -0.0158. The number of rotatable bonds is 5. The number of fused-ring (bicyclic) bond motifs is 1. The van der Waals surface area contributed by atoms with Crippen molar-refractivity contribution in [2.75, 3.05) is 6.61 Å². The first-order valence-electron chi connectivity index (χ1n) is 6.82. The van der Waals surface area contributed by atoms with E-state index in [4.69, 9.17) is 4.74 Å². The minimum Gasteiger partial charge on any atom is -0.477 e. The van der Waals surface area contributed by atoms with Gasteiger partial charge in [-0.25, -0.2) is 0 Å². The van der Waals surface area contributed by atoms with Gasteiger partial charge in [-0.15, -0.1) is 0 Å². The number of aromatic nitrogens is 2. The van der Waals surface area contributed by atoms with Crippen LogP contribution in [-0.4, -0.2) is 16.0 Å². The number of ether oxygens (including phenoxy) is 1. The maximum absolute atomic E-state index is 12.5. The van der Waals surface area contributed by atoms with Crippen molar-refractivity contribution in [3.63, 3.8) is 0 Å². The Hall–Kier alpha value is -1.84. The van der Waals surface area contributed by atoms with Gasteiger partial charge in [-0.1, -0.05) is 20.3 Å². The largest absolute Gasteiger partial charge is 0.477 e. The van der Waals surface area contributed by atoms with Crippen molar-refractivity contribution in [3.8, 4) is 5.88 Å². The van der Waals surface area contributed by atoms with E-state index in [0.29, 0.717) is 30.1 Å². The summed E-state index contributed by atoms with van der Waals surface area (Å²) >= 11 is 0. The summed E-state index contributed by atoms with van der Waals surface area (Å²) in [5, 5.41) is 0. The second-order valence-electron chi connectivity index (χ2n) is 4.73. The third-order valence-electron chi connectivity index (χ3n) is 2.98. The van der Waals surface area contributed by atoms with Crippen LogP contribution in [0.5, 0.6) is 5.88 Å². The molecular formula is C15H20N2O2. The fourth-order valence-electron chi connectivity index (χ4n) is 2.04. The third-order valence-corrected chi connectivity index (χ3v) is 2.98. The van der Waals surface area contributed by atoms with Crippen molar-refractivity contribution >= 4 is 5.65 Å². The molecule has 19 heavy (non-hydrogen) atoms. The topological polar surface area (TPSA) is 43.6 Å². The van der Waals surface area contributed by atoms with Crippen molar-refractivity contribution in [2.24, 2.45) is 0 Å². The number of pyridine rings is 1. The van der Waals surface area contributed by atoms with Crippen molar-refractivity contribution < 1.29 is 4.74 Å². The second-order valence-corrected chi connectivity index (χ2v) is 4.73. The molecule has 0 aliphatic carbocycles. The fourth-order valence-corrected chi connectivity index (χ4v) is 2.04. The zero-order valence-electron chi connectivity index (χ0n) is 11.8. The smallest absolute Gasteiger partial charge is 0.264 e. The molecule has 0 bridgehead atoms. The Kier molecular flexibility index (Phi) is 4.20. The zero-order chi connectivity index (χ0) is 13.8. The van der Waals surface area contributed by atoms with Gasteiger partial charge >= 0.3 is 0 Å². The average molecular weight is 260 g/mol. The first-order valence-corrected chi connectivity index (χ1v) is 6.82. The summed E-state index contributed by atoms with van der Waals surface area (Å²) in [6.07, 6.45) is 4.28. The lowest BCUT2D eigenvalue weighted by Gasteiger charge is -2.11. The van der Waals surface area contributed by atoms with E-state index in [1.807, 2.05) is 32.9 Å². The van der Waals surface area contributed by atoms with Gasteiger partial charge < -0.3 is 4.74 Å². The summed E-state index contributed by atoms with van der Waals surface area (Å²) in [5.41, 5.74) is 2.39. The molecule has 0 saturated heterocycles. The van der Waals surface area contributed by atoms with E-state index in [1.165, 1.54) is 0 Å². The lowest BCUT2D eigenvalue weighted by atomic mass is 10.2. The Balaban J connectivity index is 2.62. The third kappa shape index (κ3) is 2.78. The second kappa shape index (κ2) is 5.87. The van der Waals surface area contributed by atoms with E-state index in [-0.39, 0.29) is 5.56 Å². The summed E-state index contributed by atoms with van der Waals surface area (Å²) in [6.45, 7) is 6.66. The Morgan fingerprint density at radius 3 is 2.79 bits per heavy atom. The summed E-state index contributed by atoms with van der Waals surface area (Å²) in [5.74, 6) is 0.499. The van der Waals surface area contributed by atoms with Gasteiger partial charge in [0, 0.05) is 6.20 Å². The highest BCUT2D eigenvalue weighted by Gasteiger charge is 2.13. The van der Waals surface area contributed by atoms with Crippen molar-refractivity contribution in [1.82, 2.24) is 9.38 Å². The molecule has 102 valence electrons. The van der Waals surface area contributed by atoms with Crippen LogP contribution in [0.15, 0.2) is 23.1 Å². The monoisotopic (exact) mass is 260 g/mol. The van der Waals surface area contributed by atoms with E-state index in [9.17, 15) is 4.79 Å². The van der Waals surface area contributed by atoms with Crippen molar-refractivity contribution in [2.45, 2.75) is 40.0 Å². The van der Waals surface area contributed by atoms with Gasteiger partial charge in [-0.05, 0) is 37.5 Å². The maximum Gasteiger partial charge on any atom is 0.264 e. The lowest BCUT2D eigenvalue weighted by molar-refractivity contribution is 0.301. The molecule has 0 amide bonds. The van der Waals surface area contributed by atoms with E-state index in [0.717, 1.165) is 18.4 Å². The summed E-state index contributed by atoms with van der Waals surface area (Å²) in [4.78, 5) is 17.0. The molecule has 2 rings (SSSR count). The molecule has 0 N–H and O–H groups in total. The first-order chi connectivity index (χ1) is 9.17. The maximum atomic E-state index is 12.5. The summed E-state index contributed by atoms with van der Waals surface area (Å²) < 4.78 is 7.24. The molecule has 0 aromatic carbocycles. The highest BCUT2D eigenvalue weighted by molar-refractivity contribution is 5.45. The molecule has 0 saturated carbocycles. The summed E-state index contributed by atoms with van der Waals surface area (Å²) in [7, 11) is 0. The van der Waals surface area contributed by atoms with Gasteiger partial charge in [0.2, 0.25) is 5.88 Å². The highest BCUT2D eigenvalue weighted by Crippen LogP contribution is 2.16. The minimum absolute atomic E-state index is 0.0158. The Labute approximate surface area is 113 Å². The predicted molar refractivity (Wildman–Crippen MR) is 76.0 cm³/mol. The van der Waals surface area contributed by atoms with E-state index >= 15 is 0 Å². The quantitative estimate of drug-likeness (QED) is 0.830. The van der Waals surface area contributed by atoms with Crippen LogP contribution in [0.2, 0.25) is 0 Å². The van der Waals surface area contributed by atoms with Crippen LogP contribution in [0.4, 0.5) is 0 Å². The normalized spacial score (nSPS) is 10.9. The van der Waals surface area contributed by atoms with Crippen LogP contribution < -0.4 is 10.3 Å². The number of hydrogen-bond donors (Lipinski definition) is 0. The van der Waals surface area contributed by atoms with Gasteiger partial charge in [0.05, 0.1) is 12.2 Å². The molecule has 0 atom stereocenters. The summed E-state index contributed by atoms with van der Waals surface area (Å²) in [6, 6.07) is 3.81. The molecular weight excluding hydrogens is 240 g/mol. The number of hydrogen-bond acceptors (Lipinski definition) is 3. The number of aryl methyl sites for hydroxylation is 1. The molecule has 4 nitrogen and oxygen atoms in total. The SMILES string of the molecule is CCCOc1nc2cc(C)ccn2c(=O)c1CCC. The van der Waals surface area contributed by atoms with Crippen LogP contribution >= 0.6 is 0 Å². The molecule has 0 aliphatic heterocycles. The molecule has 0 spiro atoms. The van der Waals surface area contributed by atoms with Crippen LogP contribution in [0, 0.1) is 6.92 Å². The van der Waals surface area contributed by atoms with Crippen LogP contribution in [0.3, 0.4) is 0 Å². The van der Waals surface area contributed by atoms with Gasteiger partial charge in [0.1, 0.15) is 5.65 Å². The number of nitrogens with zero attached hydrogens (tertiary/aromatic N) is 2. The van der Waals surface area contributed by atoms with Crippen molar-refractivity contribution in [3.05, 3.63) is 39.8 Å². The highest BCUT2D eigenvalue weighted by atomic mass is 16.5. The van der Waals surface area contributed by atoms with Gasteiger partial charge in [0.25, 0.3) is 5.56 Å². The van der Waals surface area contributed by atoms with Gasteiger partial charge in [0.15, 0.2) is 0 Å². The fraction of sp³-hybridized carbons (Fsp3) is 0.467. The molecule has 0 fully saturated rings. The van der Waals surface area contributed by atoms with Crippen LogP contribution in [0.25, 0.3) is 5.65 Å².